The summed E-state index contributed by atoms with van der Waals surface area (Å²) in [4.78, 5) is 36.0. The van der Waals surface area contributed by atoms with E-state index in [9.17, 15) is 14.4 Å². The number of carbonyl (C=O) groups is 3. The molecule has 0 unspecified atom stereocenters. The molecular weight excluding hydrogens is 364 g/mol. The molecule has 2 amide bonds. The molecule has 0 saturated heterocycles. The van der Waals surface area contributed by atoms with Gasteiger partial charge in [-0.05, 0) is 54.8 Å². The second-order valence-corrected chi connectivity index (χ2v) is 7.66. The van der Waals surface area contributed by atoms with Crippen molar-refractivity contribution in [2.24, 2.45) is 5.92 Å². The van der Waals surface area contributed by atoms with E-state index in [0.29, 0.717) is 42.7 Å². The fourth-order valence-corrected chi connectivity index (χ4v) is 3.84. The predicted molar refractivity (Wildman–Crippen MR) is 103 cm³/mol. The summed E-state index contributed by atoms with van der Waals surface area (Å²) in [7, 11) is 0. The van der Waals surface area contributed by atoms with Crippen LogP contribution in [0.4, 0.5) is 0 Å². The summed E-state index contributed by atoms with van der Waals surface area (Å²) in [6.07, 6.45) is 2.58. The van der Waals surface area contributed by atoms with Crippen LogP contribution in [0, 0.1) is 5.92 Å². The standard InChI is InChI=1S/C20H22N2O4S/c23-18(22-16-9-7-15(8-10-16)20(25)26)14-5-3-13(4-6-14)12-21-19(24)17-2-1-11-27-17/h1-6,11,15-16H,7-10,12H2,(H,21,24)(H,22,23)(H,25,26). The van der Waals surface area contributed by atoms with Gasteiger partial charge in [0.05, 0.1) is 10.8 Å². The van der Waals surface area contributed by atoms with E-state index < -0.39 is 5.97 Å². The number of nitrogens with one attached hydrogen (secondary N) is 2. The number of hydrogen-bond donors (Lipinski definition) is 3. The van der Waals surface area contributed by atoms with Crippen LogP contribution in [-0.2, 0) is 11.3 Å². The first-order valence-corrected chi connectivity index (χ1v) is 9.85. The van der Waals surface area contributed by atoms with Crippen molar-refractivity contribution in [2.45, 2.75) is 38.3 Å². The lowest BCUT2D eigenvalue weighted by Crippen LogP contribution is -2.38. The van der Waals surface area contributed by atoms with Crippen LogP contribution in [0.3, 0.4) is 0 Å². The normalized spacial score (nSPS) is 19.3. The first-order chi connectivity index (χ1) is 13.0. The maximum atomic E-state index is 12.4. The second kappa shape index (κ2) is 8.81. The van der Waals surface area contributed by atoms with Crippen LogP contribution in [0.5, 0.6) is 0 Å². The number of thiophene rings is 1. The van der Waals surface area contributed by atoms with Gasteiger partial charge in [-0.2, -0.15) is 0 Å². The summed E-state index contributed by atoms with van der Waals surface area (Å²) in [5.74, 6) is -1.30. The molecule has 1 aromatic heterocycles. The van der Waals surface area contributed by atoms with Gasteiger partial charge in [-0.3, -0.25) is 14.4 Å². The minimum absolute atomic E-state index is 0.0258. The van der Waals surface area contributed by atoms with Gasteiger partial charge in [-0.25, -0.2) is 0 Å². The van der Waals surface area contributed by atoms with Crippen molar-refractivity contribution in [3.05, 3.63) is 57.8 Å². The van der Waals surface area contributed by atoms with Gasteiger partial charge in [0.15, 0.2) is 0 Å². The lowest BCUT2D eigenvalue weighted by atomic mass is 9.86. The van der Waals surface area contributed by atoms with Crippen LogP contribution >= 0.6 is 11.3 Å². The van der Waals surface area contributed by atoms with Gasteiger partial charge in [-0.1, -0.05) is 18.2 Å². The lowest BCUT2D eigenvalue weighted by molar-refractivity contribution is -0.142. The Kier molecular flexibility index (Phi) is 6.24. The quantitative estimate of drug-likeness (QED) is 0.711. The number of carbonyl (C=O) groups excluding carboxylic acids is 2. The molecule has 7 heteroatoms. The molecule has 0 atom stereocenters. The highest BCUT2D eigenvalue weighted by Gasteiger charge is 2.26. The summed E-state index contributed by atoms with van der Waals surface area (Å²) in [5.41, 5.74) is 1.47. The Hall–Kier alpha value is -2.67. The molecule has 6 nitrogen and oxygen atoms in total. The number of benzene rings is 1. The summed E-state index contributed by atoms with van der Waals surface area (Å²) < 4.78 is 0. The molecule has 3 N–H and O–H groups in total. The van der Waals surface area contributed by atoms with E-state index in [1.807, 2.05) is 23.6 Å². The van der Waals surface area contributed by atoms with Crippen LogP contribution in [0.1, 0.15) is 51.3 Å². The first-order valence-electron chi connectivity index (χ1n) is 8.97. The zero-order chi connectivity index (χ0) is 19.2. The van der Waals surface area contributed by atoms with Crippen molar-refractivity contribution in [1.82, 2.24) is 10.6 Å². The third-order valence-corrected chi connectivity index (χ3v) is 5.69. The molecule has 3 rings (SSSR count). The highest BCUT2D eigenvalue weighted by molar-refractivity contribution is 7.12. The Morgan fingerprint density at radius 3 is 2.30 bits per heavy atom. The molecule has 27 heavy (non-hydrogen) atoms. The van der Waals surface area contributed by atoms with Gasteiger partial charge in [0.2, 0.25) is 0 Å². The van der Waals surface area contributed by atoms with E-state index in [-0.39, 0.29) is 23.8 Å². The SMILES string of the molecule is O=C(NC1CCC(C(=O)O)CC1)c1ccc(CNC(=O)c2cccs2)cc1. The zero-order valence-electron chi connectivity index (χ0n) is 14.8. The third-order valence-electron chi connectivity index (χ3n) is 4.83. The molecule has 1 fully saturated rings. The fourth-order valence-electron chi connectivity index (χ4n) is 3.20. The number of aliphatic carboxylic acids is 1. The monoisotopic (exact) mass is 386 g/mol. The highest BCUT2D eigenvalue weighted by Crippen LogP contribution is 2.24. The number of carboxylic acid groups (broad SMARTS) is 1. The molecule has 1 heterocycles. The summed E-state index contributed by atoms with van der Waals surface area (Å²) >= 11 is 1.39. The lowest BCUT2D eigenvalue weighted by Gasteiger charge is -2.26. The molecule has 1 saturated carbocycles. The van der Waals surface area contributed by atoms with Crippen molar-refractivity contribution in [1.29, 1.82) is 0 Å². The van der Waals surface area contributed by atoms with Crippen LogP contribution < -0.4 is 10.6 Å². The molecule has 1 aliphatic carbocycles. The molecule has 0 bridgehead atoms. The molecule has 2 aromatic rings. The second-order valence-electron chi connectivity index (χ2n) is 6.72. The first kappa shape index (κ1) is 19.1. The number of hydrogen-bond acceptors (Lipinski definition) is 4. The summed E-state index contributed by atoms with van der Waals surface area (Å²) in [6, 6.07) is 10.8. The summed E-state index contributed by atoms with van der Waals surface area (Å²) in [5, 5.41) is 16.7. The van der Waals surface area contributed by atoms with Crippen LogP contribution in [-0.4, -0.2) is 28.9 Å². The smallest absolute Gasteiger partial charge is 0.306 e. The fraction of sp³-hybridized carbons (Fsp3) is 0.350. The largest absolute Gasteiger partial charge is 0.481 e. The topological polar surface area (TPSA) is 95.5 Å². The van der Waals surface area contributed by atoms with Gasteiger partial charge in [0.1, 0.15) is 0 Å². The van der Waals surface area contributed by atoms with Gasteiger partial charge >= 0.3 is 5.97 Å². The van der Waals surface area contributed by atoms with E-state index in [1.54, 1.807) is 18.2 Å². The van der Waals surface area contributed by atoms with Crippen molar-refractivity contribution >= 4 is 29.1 Å². The Morgan fingerprint density at radius 2 is 1.70 bits per heavy atom. The average Bonchev–Trinajstić information content (AvgIpc) is 3.22. The highest BCUT2D eigenvalue weighted by atomic mass is 32.1. The van der Waals surface area contributed by atoms with Crippen LogP contribution in [0.15, 0.2) is 41.8 Å². The minimum atomic E-state index is -0.749. The number of carboxylic acids is 1. The molecule has 1 aromatic carbocycles. The molecule has 0 radical (unpaired) electrons. The van der Waals surface area contributed by atoms with E-state index >= 15 is 0 Å². The van der Waals surface area contributed by atoms with E-state index in [2.05, 4.69) is 10.6 Å². The van der Waals surface area contributed by atoms with Gasteiger partial charge < -0.3 is 15.7 Å². The van der Waals surface area contributed by atoms with Gasteiger partial charge in [-0.15, -0.1) is 11.3 Å². The average molecular weight is 386 g/mol. The summed E-state index contributed by atoms with van der Waals surface area (Å²) in [6.45, 7) is 0.401. The third kappa shape index (κ3) is 5.17. The van der Waals surface area contributed by atoms with Crippen LogP contribution in [0.25, 0.3) is 0 Å². The van der Waals surface area contributed by atoms with E-state index in [0.717, 1.165) is 5.56 Å². The minimum Gasteiger partial charge on any atom is -0.481 e. The van der Waals surface area contributed by atoms with Gasteiger partial charge in [0.25, 0.3) is 11.8 Å². The Labute approximate surface area is 161 Å². The van der Waals surface area contributed by atoms with Crippen molar-refractivity contribution in [2.75, 3.05) is 0 Å². The molecule has 142 valence electrons. The van der Waals surface area contributed by atoms with Gasteiger partial charge in [0, 0.05) is 18.2 Å². The predicted octanol–water partition coefficient (Wildman–Crippen LogP) is 3.05. The number of rotatable bonds is 6. The Morgan fingerprint density at radius 1 is 1.00 bits per heavy atom. The van der Waals surface area contributed by atoms with Crippen molar-refractivity contribution in [3.8, 4) is 0 Å². The molecule has 0 spiro atoms. The molecule has 0 aliphatic heterocycles. The van der Waals surface area contributed by atoms with Crippen molar-refractivity contribution in [3.63, 3.8) is 0 Å². The van der Waals surface area contributed by atoms with E-state index in [1.165, 1.54) is 11.3 Å². The Bertz CT molecular complexity index is 794. The zero-order valence-corrected chi connectivity index (χ0v) is 15.6. The van der Waals surface area contributed by atoms with E-state index in [4.69, 9.17) is 5.11 Å². The maximum Gasteiger partial charge on any atom is 0.306 e. The van der Waals surface area contributed by atoms with Crippen molar-refractivity contribution < 1.29 is 19.5 Å². The molecular formula is C20H22N2O4S. The molecule has 1 aliphatic rings. The Balaban J connectivity index is 1.47. The maximum absolute atomic E-state index is 12.4. The number of amides is 2. The van der Waals surface area contributed by atoms with Crippen LogP contribution in [0.2, 0.25) is 0 Å².